The van der Waals surface area contributed by atoms with Gasteiger partial charge in [-0.25, -0.2) is 4.79 Å². The molecule has 3 aromatic carbocycles. The van der Waals surface area contributed by atoms with Crippen LogP contribution in [-0.2, 0) is 4.79 Å². The third-order valence-electron chi connectivity index (χ3n) is 4.71. The Morgan fingerprint density at radius 2 is 1.64 bits per heavy atom. The van der Waals surface area contributed by atoms with Crippen LogP contribution in [0.3, 0.4) is 0 Å². The third-order valence-corrected chi connectivity index (χ3v) is 5.45. The summed E-state index contributed by atoms with van der Waals surface area (Å²) in [5, 5.41) is 16.5. The van der Waals surface area contributed by atoms with Crippen LogP contribution in [0.4, 0.5) is 21.9 Å². The molecule has 0 bridgehead atoms. The summed E-state index contributed by atoms with van der Waals surface area (Å²) in [6.45, 7) is 3.83. The number of anilines is 2. The van der Waals surface area contributed by atoms with Crippen LogP contribution in [-0.4, -0.2) is 21.2 Å². The average Bonchev–Trinajstić information content (AvgIpc) is 2.75. The highest BCUT2D eigenvalue weighted by molar-refractivity contribution is 7.78. The summed E-state index contributed by atoms with van der Waals surface area (Å²) < 4.78 is 0.919. The van der Waals surface area contributed by atoms with E-state index in [0.717, 1.165) is 21.5 Å². The Kier molecular flexibility index (Phi) is 7.57. The number of rotatable bonds is 6. The fourth-order valence-electron chi connectivity index (χ4n) is 3.31. The summed E-state index contributed by atoms with van der Waals surface area (Å²) in [4.78, 5) is 36.7. The number of nitrogens with zero attached hydrogens (tertiary/aromatic N) is 2. The highest BCUT2D eigenvalue weighted by atomic mass is 35.5. The molecule has 2 N–H and O–H groups in total. The molecule has 0 fully saturated rings. The molecule has 0 aromatic heterocycles. The van der Waals surface area contributed by atoms with Crippen molar-refractivity contribution in [3.05, 3.63) is 98.6 Å². The number of hydrogen-bond acceptors (Lipinski definition) is 5. The molecule has 10 heteroatoms. The standard InChI is InChI=1S/C23H21ClN4O4S/c1-14-10-15(2)12-17(11-14)25-22(29)21(16-6-4-3-5-7-16)27(33)23(30)26-20-13-18(28(31)32)8-9-19(20)24/h3-13,21,33H,1-2H3,(H,25,29)(H,26,30). The number of carbonyl (C=O) groups is 2. The highest BCUT2D eigenvalue weighted by Gasteiger charge is 2.30. The number of nitro groups is 1. The zero-order valence-electron chi connectivity index (χ0n) is 17.8. The number of aryl methyl sites for hydroxylation is 2. The van der Waals surface area contributed by atoms with E-state index in [0.29, 0.717) is 11.3 Å². The number of carbonyl (C=O) groups excluding carboxylic acids is 2. The lowest BCUT2D eigenvalue weighted by atomic mass is 10.1. The van der Waals surface area contributed by atoms with Crippen LogP contribution in [0.2, 0.25) is 5.02 Å². The van der Waals surface area contributed by atoms with Crippen molar-refractivity contribution in [2.75, 3.05) is 10.6 Å². The quantitative estimate of drug-likeness (QED) is 0.229. The number of hydrogen-bond donors (Lipinski definition) is 3. The number of thiol groups is 1. The first-order valence-corrected chi connectivity index (χ1v) is 10.6. The van der Waals surface area contributed by atoms with Gasteiger partial charge in [0.1, 0.15) is 6.04 Å². The lowest BCUT2D eigenvalue weighted by Crippen LogP contribution is -2.38. The van der Waals surface area contributed by atoms with Crippen molar-refractivity contribution in [3.8, 4) is 0 Å². The molecular formula is C23H21ClN4O4S. The summed E-state index contributed by atoms with van der Waals surface area (Å²) >= 11 is 10.4. The second-order valence-corrected chi connectivity index (χ2v) is 8.21. The van der Waals surface area contributed by atoms with Gasteiger partial charge in [-0.3, -0.25) is 19.2 Å². The molecule has 0 aliphatic heterocycles. The zero-order valence-corrected chi connectivity index (χ0v) is 19.4. The normalized spacial score (nSPS) is 11.4. The molecule has 0 saturated carbocycles. The number of nitro benzene ring substituents is 1. The number of urea groups is 1. The van der Waals surface area contributed by atoms with E-state index in [1.54, 1.807) is 30.3 Å². The van der Waals surface area contributed by atoms with Gasteiger partial charge in [-0.1, -0.05) is 60.8 Å². The molecule has 170 valence electrons. The first-order chi connectivity index (χ1) is 15.7. The van der Waals surface area contributed by atoms with Crippen LogP contribution >= 0.6 is 24.4 Å². The van der Waals surface area contributed by atoms with Crippen molar-refractivity contribution < 1.29 is 14.5 Å². The molecule has 0 aliphatic carbocycles. The Labute approximate surface area is 201 Å². The lowest BCUT2D eigenvalue weighted by Gasteiger charge is -2.27. The van der Waals surface area contributed by atoms with Crippen LogP contribution in [0.25, 0.3) is 0 Å². The van der Waals surface area contributed by atoms with Gasteiger partial charge in [0, 0.05) is 17.8 Å². The fourth-order valence-corrected chi connectivity index (χ4v) is 3.76. The molecule has 8 nitrogen and oxygen atoms in total. The summed E-state index contributed by atoms with van der Waals surface area (Å²) in [5.41, 5.74) is 2.84. The van der Waals surface area contributed by atoms with Gasteiger partial charge in [0.2, 0.25) is 0 Å². The Balaban J connectivity index is 1.89. The number of halogens is 1. The first kappa shape index (κ1) is 24.1. The van der Waals surface area contributed by atoms with Crippen LogP contribution in [0.5, 0.6) is 0 Å². The van der Waals surface area contributed by atoms with Crippen molar-refractivity contribution in [2.45, 2.75) is 19.9 Å². The Morgan fingerprint density at radius 3 is 2.24 bits per heavy atom. The topological polar surface area (TPSA) is 105 Å². The van der Waals surface area contributed by atoms with E-state index in [2.05, 4.69) is 23.4 Å². The molecule has 0 radical (unpaired) electrons. The largest absolute Gasteiger partial charge is 0.332 e. The van der Waals surface area contributed by atoms with E-state index in [9.17, 15) is 19.7 Å². The summed E-state index contributed by atoms with van der Waals surface area (Å²) in [5.74, 6) is -0.485. The Morgan fingerprint density at radius 1 is 1.00 bits per heavy atom. The first-order valence-electron chi connectivity index (χ1n) is 9.83. The van der Waals surface area contributed by atoms with Gasteiger partial charge in [0.15, 0.2) is 0 Å². The van der Waals surface area contributed by atoms with Gasteiger partial charge in [-0.2, -0.15) is 0 Å². The van der Waals surface area contributed by atoms with Gasteiger partial charge in [-0.15, -0.1) is 0 Å². The highest BCUT2D eigenvalue weighted by Crippen LogP contribution is 2.30. The minimum absolute atomic E-state index is 0.0245. The molecule has 0 spiro atoms. The van der Waals surface area contributed by atoms with Gasteiger partial charge in [0.25, 0.3) is 11.6 Å². The molecule has 3 aromatic rings. The maximum absolute atomic E-state index is 13.2. The molecule has 3 rings (SSSR count). The van der Waals surface area contributed by atoms with Gasteiger partial charge in [-0.05, 0) is 48.7 Å². The molecule has 1 unspecified atom stereocenters. The number of non-ortho nitro benzene ring substituents is 1. The average molecular weight is 485 g/mol. The van der Waals surface area contributed by atoms with E-state index in [4.69, 9.17) is 11.6 Å². The molecule has 0 heterocycles. The van der Waals surface area contributed by atoms with Crippen molar-refractivity contribution in [2.24, 2.45) is 0 Å². The SMILES string of the molecule is Cc1cc(C)cc(NC(=O)C(c2ccccc2)N(S)C(=O)Nc2cc([N+](=O)[O-])ccc2Cl)c1. The third kappa shape index (κ3) is 6.03. The molecule has 0 saturated heterocycles. The maximum Gasteiger partial charge on any atom is 0.332 e. The Bertz CT molecular complexity index is 1190. The van der Waals surface area contributed by atoms with Gasteiger partial charge >= 0.3 is 6.03 Å². The fraction of sp³-hybridized carbons (Fsp3) is 0.130. The minimum atomic E-state index is -1.10. The Hall–Kier alpha value is -3.56. The molecule has 3 amide bonds. The van der Waals surface area contributed by atoms with Crippen molar-refractivity contribution >= 4 is 53.4 Å². The van der Waals surface area contributed by atoms with Crippen LogP contribution < -0.4 is 10.6 Å². The van der Waals surface area contributed by atoms with Gasteiger partial charge < -0.3 is 10.6 Å². The minimum Gasteiger partial charge on any atom is -0.324 e. The molecule has 1 atom stereocenters. The van der Waals surface area contributed by atoms with Crippen LogP contribution in [0.15, 0.2) is 66.7 Å². The van der Waals surface area contributed by atoms with Crippen molar-refractivity contribution in [1.82, 2.24) is 4.31 Å². The van der Waals surface area contributed by atoms with Crippen molar-refractivity contribution in [3.63, 3.8) is 0 Å². The summed E-state index contributed by atoms with van der Waals surface area (Å²) in [6, 6.07) is 16.0. The predicted octanol–water partition coefficient (Wildman–Crippen LogP) is 5.92. The van der Waals surface area contributed by atoms with E-state index in [-0.39, 0.29) is 16.4 Å². The van der Waals surface area contributed by atoms with E-state index in [1.165, 1.54) is 12.1 Å². The van der Waals surface area contributed by atoms with E-state index < -0.39 is 22.9 Å². The number of amides is 3. The monoisotopic (exact) mass is 484 g/mol. The van der Waals surface area contributed by atoms with E-state index >= 15 is 0 Å². The van der Waals surface area contributed by atoms with Crippen molar-refractivity contribution in [1.29, 1.82) is 0 Å². The second kappa shape index (κ2) is 10.4. The number of benzene rings is 3. The molecule has 33 heavy (non-hydrogen) atoms. The summed E-state index contributed by atoms with van der Waals surface area (Å²) in [7, 11) is 0. The smallest absolute Gasteiger partial charge is 0.324 e. The second-order valence-electron chi connectivity index (χ2n) is 7.37. The van der Waals surface area contributed by atoms with Crippen LogP contribution in [0.1, 0.15) is 22.7 Å². The van der Waals surface area contributed by atoms with Crippen LogP contribution in [0, 0.1) is 24.0 Å². The summed E-state index contributed by atoms with van der Waals surface area (Å²) in [6.07, 6.45) is 0. The number of nitrogens with one attached hydrogen (secondary N) is 2. The maximum atomic E-state index is 13.2. The predicted molar refractivity (Wildman–Crippen MR) is 132 cm³/mol. The zero-order chi connectivity index (χ0) is 24.1. The molecule has 0 aliphatic rings. The van der Waals surface area contributed by atoms with E-state index in [1.807, 2.05) is 32.0 Å². The molecular weight excluding hydrogens is 464 g/mol. The van der Waals surface area contributed by atoms with Gasteiger partial charge in [0.05, 0.1) is 15.6 Å². The lowest BCUT2D eigenvalue weighted by molar-refractivity contribution is -0.384.